The van der Waals surface area contributed by atoms with Gasteiger partial charge >= 0.3 is 11.9 Å². The maximum atomic E-state index is 12.8. The molecule has 2 aromatic heterocycles. The van der Waals surface area contributed by atoms with E-state index in [1.54, 1.807) is 25.5 Å². The maximum absolute atomic E-state index is 12.8. The van der Waals surface area contributed by atoms with E-state index < -0.39 is 23.8 Å². The highest BCUT2D eigenvalue weighted by atomic mass is 16.5. The number of hydrogen-bond acceptors (Lipinski definition) is 4. The Hall–Kier alpha value is -3.15. The maximum Gasteiger partial charge on any atom is 0.321 e. The van der Waals surface area contributed by atoms with E-state index in [1.165, 1.54) is 0 Å². The molecule has 0 radical (unpaired) electrons. The third-order valence-electron chi connectivity index (χ3n) is 4.75. The van der Waals surface area contributed by atoms with Crippen molar-refractivity contribution < 1.29 is 19.4 Å². The number of fused-ring (bicyclic) bond motifs is 1. The first-order valence-corrected chi connectivity index (χ1v) is 8.92. The summed E-state index contributed by atoms with van der Waals surface area (Å²) in [6, 6.07) is 11.0. The van der Waals surface area contributed by atoms with Crippen molar-refractivity contribution in [1.29, 1.82) is 0 Å². The Morgan fingerprint density at radius 3 is 2.63 bits per heavy atom. The number of carboxylic acid groups (broad SMARTS) is 1. The number of nitrogens with one attached hydrogen (secondary N) is 1. The highest BCUT2D eigenvalue weighted by Crippen LogP contribution is 2.37. The number of aliphatic carboxylic acids is 1. The second kappa shape index (κ2) is 8.03. The molecule has 6 heteroatoms. The highest BCUT2D eigenvalue weighted by molar-refractivity contribution is 5.97. The molecule has 6 nitrogen and oxygen atoms in total. The van der Waals surface area contributed by atoms with Crippen LogP contribution >= 0.6 is 0 Å². The first-order valence-electron chi connectivity index (χ1n) is 8.92. The zero-order chi connectivity index (χ0) is 19.4. The lowest BCUT2D eigenvalue weighted by Crippen LogP contribution is -2.34. The van der Waals surface area contributed by atoms with Crippen molar-refractivity contribution in [3.63, 3.8) is 0 Å². The Balaban J connectivity index is 2.14. The van der Waals surface area contributed by atoms with Crippen LogP contribution in [0.3, 0.4) is 0 Å². The van der Waals surface area contributed by atoms with E-state index in [2.05, 4.69) is 9.97 Å². The quantitative estimate of drug-likeness (QED) is 0.491. The van der Waals surface area contributed by atoms with Crippen LogP contribution in [0, 0.1) is 5.92 Å². The minimum Gasteiger partial charge on any atom is -0.481 e. The Kier molecular flexibility index (Phi) is 5.54. The molecule has 3 aromatic rings. The van der Waals surface area contributed by atoms with Crippen molar-refractivity contribution >= 4 is 22.8 Å². The normalized spacial score (nSPS) is 14.4. The number of ether oxygens (including phenoxy) is 1. The Labute approximate surface area is 157 Å². The number of H-pyrrole nitrogens is 1. The van der Waals surface area contributed by atoms with Gasteiger partial charge in [0.2, 0.25) is 0 Å². The lowest BCUT2D eigenvalue weighted by Gasteiger charge is -2.24. The summed E-state index contributed by atoms with van der Waals surface area (Å²) in [5.41, 5.74) is 2.27. The number of esters is 1. The molecular formula is C21H22N2O4. The van der Waals surface area contributed by atoms with Crippen molar-refractivity contribution in [1.82, 2.24) is 9.97 Å². The van der Waals surface area contributed by atoms with Gasteiger partial charge in [-0.25, -0.2) is 0 Å². The molecule has 0 aliphatic heterocycles. The average Bonchev–Trinajstić information content (AvgIpc) is 3.09. The second-order valence-corrected chi connectivity index (χ2v) is 6.53. The van der Waals surface area contributed by atoms with Gasteiger partial charge < -0.3 is 14.8 Å². The largest absolute Gasteiger partial charge is 0.481 e. The van der Waals surface area contributed by atoms with Crippen molar-refractivity contribution in [2.24, 2.45) is 5.92 Å². The predicted molar refractivity (Wildman–Crippen MR) is 101 cm³/mol. The van der Waals surface area contributed by atoms with Crippen LogP contribution in [0.1, 0.15) is 37.3 Å². The Morgan fingerprint density at radius 1 is 1.22 bits per heavy atom. The number of pyridine rings is 1. The van der Waals surface area contributed by atoms with Crippen LogP contribution in [0.15, 0.2) is 55.0 Å². The monoisotopic (exact) mass is 366 g/mol. The van der Waals surface area contributed by atoms with Gasteiger partial charge in [-0.05, 0) is 30.5 Å². The number of carbonyl (C=O) groups is 2. The van der Waals surface area contributed by atoms with Gasteiger partial charge in [-0.3, -0.25) is 14.6 Å². The van der Waals surface area contributed by atoms with Gasteiger partial charge in [0.25, 0.3) is 0 Å². The molecule has 3 atom stereocenters. The number of benzene rings is 1. The van der Waals surface area contributed by atoms with Crippen LogP contribution in [-0.4, -0.2) is 33.1 Å². The third kappa shape index (κ3) is 3.84. The van der Waals surface area contributed by atoms with E-state index in [9.17, 15) is 14.7 Å². The number of hydrogen-bond donors (Lipinski definition) is 2. The molecule has 2 heterocycles. The number of carbonyl (C=O) groups excluding carboxylic acids is 1. The van der Waals surface area contributed by atoms with Gasteiger partial charge in [0.05, 0.1) is 6.10 Å². The van der Waals surface area contributed by atoms with Crippen LogP contribution in [0.4, 0.5) is 0 Å². The zero-order valence-corrected chi connectivity index (χ0v) is 15.3. The van der Waals surface area contributed by atoms with E-state index >= 15 is 0 Å². The fraction of sp³-hybridized carbons (Fsp3) is 0.286. The van der Waals surface area contributed by atoms with Gasteiger partial charge in [-0.2, -0.15) is 0 Å². The molecule has 140 valence electrons. The Bertz CT molecular complexity index is 936. The summed E-state index contributed by atoms with van der Waals surface area (Å²) in [4.78, 5) is 32.2. The molecule has 0 saturated heterocycles. The summed E-state index contributed by atoms with van der Waals surface area (Å²) < 4.78 is 5.39. The molecule has 0 fully saturated rings. The van der Waals surface area contributed by atoms with Crippen LogP contribution in [0.25, 0.3) is 10.9 Å². The molecule has 0 aliphatic rings. The number of aromatic amines is 1. The molecule has 27 heavy (non-hydrogen) atoms. The summed E-state index contributed by atoms with van der Waals surface area (Å²) in [5, 5.41) is 10.7. The van der Waals surface area contributed by atoms with Crippen molar-refractivity contribution in [2.45, 2.75) is 32.3 Å². The minimum atomic E-state index is -1.36. The van der Waals surface area contributed by atoms with Gasteiger partial charge in [0.1, 0.15) is 0 Å². The fourth-order valence-electron chi connectivity index (χ4n) is 3.19. The van der Waals surface area contributed by atoms with Gasteiger partial charge in [0, 0.05) is 35.4 Å². The molecule has 0 spiro atoms. The van der Waals surface area contributed by atoms with E-state index in [1.807, 2.05) is 43.3 Å². The van der Waals surface area contributed by atoms with Crippen molar-refractivity contribution in [2.75, 3.05) is 0 Å². The van der Waals surface area contributed by atoms with Gasteiger partial charge in [0.15, 0.2) is 5.92 Å². The predicted octanol–water partition coefficient (Wildman–Crippen LogP) is 3.74. The zero-order valence-electron chi connectivity index (χ0n) is 15.3. The SMILES string of the molecule is CCC(C)OC(=O)C(C(=O)O)C(c1ccccc1)c1c[nH]c2ccncc12. The summed E-state index contributed by atoms with van der Waals surface area (Å²) in [6.45, 7) is 3.64. The van der Waals surface area contributed by atoms with Crippen LogP contribution in [-0.2, 0) is 14.3 Å². The molecule has 1 aromatic carbocycles. The smallest absolute Gasteiger partial charge is 0.321 e. The number of nitrogens with zero attached hydrogens (tertiary/aromatic N) is 1. The molecule has 3 unspecified atom stereocenters. The van der Waals surface area contributed by atoms with E-state index in [0.29, 0.717) is 12.0 Å². The van der Waals surface area contributed by atoms with Crippen LogP contribution in [0.5, 0.6) is 0 Å². The topological polar surface area (TPSA) is 92.3 Å². The standard InChI is InChI=1S/C21H22N2O4/c1-3-13(2)27-21(26)19(20(24)25)18(14-7-5-4-6-8-14)16-12-23-17-9-10-22-11-15(16)17/h4-13,18-19,23H,3H2,1-2H3,(H,24,25). The number of aromatic nitrogens is 2. The highest BCUT2D eigenvalue weighted by Gasteiger charge is 2.40. The first kappa shape index (κ1) is 18.6. The fourth-order valence-corrected chi connectivity index (χ4v) is 3.19. The first-order chi connectivity index (χ1) is 13.0. The van der Waals surface area contributed by atoms with Gasteiger partial charge in [-0.15, -0.1) is 0 Å². The van der Waals surface area contributed by atoms with E-state index in [0.717, 1.165) is 16.5 Å². The summed E-state index contributed by atoms with van der Waals surface area (Å²) >= 11 is 0. The van der Waals surface area contributed by atoms with E-state index in [4.69, 9.17) is 4.74 Å². The summed E-state index contributed by atoms with van der Waals surface area (Å²) in [5.74, 6) is -4.00. The van der Waals surface area contributed by atoms with Crippen molar-refractivity contribution in [3.05, 3.63) is 66.1 Å². The average molecular weight is 366 g/mol. The lowest BCUT2D eigenvalue weighted by atomic mass is 9.80. The molecule has 3 rings (SSSR count). The molecular weight excluding hydrogens is 344 g/mol. The molecule has 0 saturated carbocycles. The number of rotatable bonds is 7. The van der Waals surface area contributed by atoms with Crippen LogP contribution in [0.2, 0.25) is 0 Å². The molecule has 0 bridgehead atoms. The summed E-state index contributed by atoms with van der Waals surface area (Å²) in [7, 11) is 0. The lowest BCUT2D eigenvalue weighted by molar-refractivity contribution is -0.162. The number of carboxylic acids is 1. The van der Waals surface area contributed by atoms with Gasteiger partial charge in [-0.1, -0.05) is 37.3 Å². The Morgan fingerprint density at radius 2 is 1.96 bits per heavy atom. The second-order valence-electron chi connectivity index (χ2n) is 6.53. The van der Waals surface area contributed by atoms with E-state index in [-0.39, 0.29) is 6.10 Å². The minimum absolute atomic E-state index is 0.347. The third-order valence-corrected chi connectivity index (χ3v) is 4.75. The van der Waals surface area contributed by atoms with Crippen molar-refractivity contribution in [3.8, 4) is 0 Å². The molecule has 0 aliphatic carbocycles. The summed E-state index contributed by atoms with van der Waals surface area (Å²) in [6.07, 6.45) is 5.35. The van der Waals surface area contributed by atoms with Crippen LogP contribution < -0.4 is 0 Å². The molecule has 0 amide bonds. The molecule has 2 N–H and O–H groups in total.